The van der Waals surface area contributed by atoms with Gasteiger partial charge < -0.3 is 5.11 Å². The zero-order valence-corrected chi connectivity index (χ0v) is 10.7. The monoisotopic (exact) mass is 284 g/mol. The lowest BCUT2D eigenvalue weighted by Gasteiger charge is -2.18. The zero-order valence-electron chi connectivity index (χ0n) is 9.12. The molecule has 0 fully saturated rings. The number of hydrogen-bond donors (Lipinski definition) is 1. The molecule has 0 bridgehead atoms. The maximum absolute atomic E-state index is 13.0. The molecule has 7 heteroatoms. The van der Waals surface area contributed by atoms with Crippen molar-refractivity contribution in [1.29, 1.82) is 0 Å². The average molecular weight is 285 g/mol. The van der Waals surface area contributed by atoms with Crippen LogP contribution >= 0.6 is 11.6 Å². The Hall–Kier alpha value is -0.720. The Balaban J connectivity index is 3.22. The minimum atomic E-state index is -3.51. The van der Waals surface area contributed by atoms with E-state index in [2.05, 4.69) is 0 Å². The SMILES string of the molecule is CC(C(O)c1cc(F)c(F)cc1Cl)S(C)(=O)=O. The second-order valence-corrected chi connectivity index (χ2v) is 6.58. The van der Waals surface area contributed by atoms with Gasteiger partial charge in [0.25, 0.3) is 0 Å². The fourth-order valence-corrected chi connectivity index (χ4v) is 2.13. The van der Waals surface area contributed by atoms with Crippen molar-refractivity contribution in [2.24, 2.45) is 0 Å². The normalized spacial score (nSPS) is 15.6. The second kappa shape index (κ2) is 4.88. The first kappa shape index (κ1) is 14.3. The van der Waals surface area contributed by atoms with Gasteiger partial charge in [0.05, 0.1) is 11.4 Å². The molecule has 0 saturated heterocycles. The van der Waals surface area contributed by atoms with Crippen LogP contribution < -0.4 is 0 Å². The van der Waals surface area contributed by atoms with Crippen molar-refractivity contribution in [3.63, 3.8) is 0 Å². The van der Waals surface area contributed by atoms with Crippen molar-refractivity contribution >= 4 is 21.4 Å². The van der Waals surface area contributed by atoms with E-state index in [0.717, 1.165) is 6.26 Å². The molecule has 2 atom stereocenters. The van der Waals surface area contributed by atoms with Crippen molar-refractivity contribution in [1.82, 2.24) is 0 Å². The molecular formula is C10H11ClF2O3S. The van der Waals surface area contributed by atoms with Crippen LogP contribution in [-0.4, -0.2) is 25.0 Å². The Labute approximate surface area is 103 Å². The molecule has 0 saturated carbocycles. The van der Waals surface area contributed by atoms with Crippen LogP contribution in [0.1, 0.15) is 18.6 Å². The molecule has 1 aromatic carbocycles. The summed E-state index contributed by atoms with van der Waals surface area (Å²) in [6.45, 7) is 1.26. The van der Waals surface area contributed by atoms with E-state index in [9.17, 15) is 22.3 Å². The number of hydrogen-bond acceptors (Lipinski definition) is 3. The summed E-state index contributed by atoms with van der Waals surface area (Å²) in [6, 6.07) is 1.40. The van der Waals surface area contributed by atoms with Crippen molar-refractivity contribution in [2.45, 2.75) is 18.3 Å². The van der Waals surface area contributed by atoms with Crippen molar-refractivity contribution in [3.05, 3.63) is 34.4 Å². The molecule has 17 heavy (non-hydrogen) atoms. The Bertz CT molecular complexity index is 531. The molecule has 1 aromatic rings. The van der Waals surface area contributed by atoms with Crippen LogP contribution in [0.25, 0.3) is 0 Å². The molecule has 2 unspecified atom stereocenters. The Morgan fingerprint density at radius 2 is 1.76 bits per heavy atom. The van der Waals surface area contributed by atoms with Crippen molar-refractivity contribution < 1.29 is 22.3 Å². The van der Waals surface area contributed by atoms with Crippen LogP contribution in [0.3, 0.4) is 0 Å². The quantitative estimate of drug-likeness (QED) is 0.865. The summed E-state index contributed by atoms with van der Waals surface area (Å²) >= 11 is 5.63. The number of halogens is 3. The molecule has 0 aliphatic heterocycles. The van der Waals surface area contributed by atoms with Crippen LogP contribution in [0.15, 0.2) is 12.1 Å². The van der Waals surface area contributed by atoms with Gasteiger partial charge in [-0.05, 0) is 19.1 Å². The number of sulfone groups is 1. The Kier molecular flexibility index (Phi) is 4.11. The van der Waals surface area contributed by atoms with Crippen LogP contribution in [0.5, 0.6) is 0 Å². The first-order valence-corrected chi connectivity index (χ1v) is 6.99. The molecule has 0 aliphatic carbocycles. The molecule has 96 valence electrons. The number of aliphatic hydroxyl groups is 1. The summed E-state index contributed by atoms with van der Waals surface area (Å²) in [6.07, 6.45) is -0.568. The van der Waals surface area contributed by atoms with Gasteiger partial charge in [0.1, 0.15) is 0 Å². The highest BCUT2D eigenvalue weighted by molar-refractivity contribution is 7.91. The lowest BCUT2D eigenvalue weighted by molar-refractivity contribution is 0.175. The summed E-state index contributed by atoms with van der Waals surface area (Å²) in [5, 5.41) is 8.39. The molecule has 3 nitrogen and oxygen atoms in total. The van der Waals surface area contributed by atoms with Crippen LogP contribution in [0.2, 0.25) is 5.02 Å². The van der Waals surface area contributed by atoms with E-state index in [1.807, 2.05) is 0 Å². The maximum Gasteiger partial charge on any atom is 0.160 e. The Morgan fingerprint density at radius 1 is 1.29 bits per heavy atom. The van der Waals surface area contributed by atoms with Gasteiger partial charge >= 0.3 is 0 Å². The predicted octanol–water partition coefficient (Wildman–Crippen LogP) is 2.08. The van der Waals surface area contributed by atoms with Crippen LogP contribution in [0.4, 0.5) is 8.78 Å². The van der Waals surface area contributed by atoms with Gasteiger partial charge in [0.15, 0.2) is 21.5 Å². The van der Waals surface area contributed by atoms with E-state index >= 15 is 0 Å². The van der Waals surface area contributed by atoms with Gasteiger partial charge in [-0.3, -0.25) is 0 Å². The van der Waals surface area contributed by atoms with Crippen molar-refractivity contribution in [2.75, 3.05) is 6.26 Å². The summed E-state index contributed by atoms with van der Waals surface area (Å²) in [4.78, 5) is 0. The first-order chi connectivity index (χ1) is 7.64. The Morgan fingerprint density at radius 3 is 2.24 bits per heavy atom. The van der Waals surface area contributed by atoms with E-state index in [0.29, 0.717) is 12.1 Å². The van der Waals surface area contributed by atoms with Gasteiger partial charge in [-0.15, -0.1) is 0 Å². The van der Waals surface area contributed by atoms with Gasteiger partial charge in [-0.1, -0.05) is 11.6 Å². The summed E-state index contributed by atoms with van der Waals surface area (Å²) < 4.78 is 48.3. The number of rotatable bonds is 3. The van der Waals surface area contributed by atoms with Gasteiger partial charge in [-0.25, -0.2) is 17.2 Å². The fourth-order valence-electron chi connectivity index (χ4n) is 1.25. The predicted molar refractivity (Wildman–Crippen MR) is 60.6 cm³/mol. The highest BCUT2D eigenvalue weighted by Gasteiger charge is 2.28. The van der Waals surface area contributed by atoms with E-state index in [1.165, 1.54) is 6.92 Å². The molecule has 0 aliphatic rings. The molecule has 0 aromatic heterocycles. The maximum atomic E-state index is 13.0. The fraction of sp³-hybridized carbons (Fsp3) is 0.400. The van der Waals surface area contributed by atoms with E-state index in [1.54, 1.807) is 0 Å². The topological polar surface area (TPSA) is 54.4 Å². The minimum Gasteiger partial charge on any atom is -0.387 e. The molecule has 1 N–H and O–H groups in total. The molecule has 0 spiro atoms. The smallest absolute Gasteiger partial charge is 0.160 e. The molecule has 0 heterocycles. The van der Waals surface area contributed by atoms with Crippen LogP contribution in [-0.2, 0) is 9.84 Å². The van der Waals surface area contributed by atoms with E-state index in [-0.39, 0.29) is 10.6 Å². The lowest BCUT2D eigenvalue weighted by Crippen LogP contribution is -2.24. The first-order valence-electron chi connectivity index (χ1n) is 4.66. The second-order valence-electron chi connectivity index (χ2n) is 3.77. The van der Waals surface area contributed by atoms with Gasteiger partial charge in [0.2, 0.25) is 0 Å². The van der Waals surface area contributed by atoms with E-state index in [4.69, 9.17) is 11.6 Å². The highest BCUT2D eigenvalue weighted by Crippen LogP contribution is 2.29. The zero-order chi connectivity index (χ0) is 13.4. The van der Waals surface area contributed by atoms with Crippen molar-refractivity contribution in [3.8, 4) is 0 Å². The average Bonchev–Trinajstić information content (AvgIpc) is 2.20. The van der Waals surface area contributed by atoms with Gasteiger partial charge in [-0.2, -0.15) is 0 Å². The number of aliphatic hydroxyl groups excluding tert-OH is 1. The summed E-state index contributed by atoms with van der Waals surface area (Å²) in [7, 11) is -3.51. The van der Waals surface area contributed by atoms with Crippen LogP contribution in [0, 0.1) is 11.6 Å². The van der Waals surface area contributed by atoms with Gasteiger partial charge in [0, 0.05) is 16.8 Å². The molecule has 0 radical (unpaired) electrons. The molecular weight excluding hydrogens is 274 g/mol. The summed E-state index contributed by atoms with van der Waals surface area (Å²) in [5.74, 6) is -2.35. The van der Waals surface area contributed by atoms with E-state index < -0.39 is 32.8 Å². The third-order valence-electron chi connectivity index (χ3n) is 2.48. The molecule has 1 rings (SSSR count). The third kappa shape index (κ3) is 3.14. The molecule has 0 amide bonds. The summed E-state index contributed by atoms with van der Waals surface area (Å²) in [5.41, 5.74) is -0.150. The lowest BCUT2D eigenvalue weighted by atomic mass is 10.1. The standard InChI is InChI=1S/C10H11ClF2O3S/c1-5(17(2,15)16)10(14)6-3-8(12)9(13)4-7(6)11/h3-5,10,14H,1-2H3. The minimum absolute atomic E-state index is 0.150. The highest BCUT2D eigenvalue weighted by atomic mass is 35.5. The largest absolute Gasteiger partial charge is 0.387 e. The third-order valence-corrected chi connectivity index (χ3v) is 4.41. The number of benzene rings is 1.